The van der Waals surface area contributed by atoms with Crippen molar-refractivity contribution in [1.82, 2.24) is 15.6 Å². The van der Waals surface area contributed by atoms with E-state index < -0.39 is 9.84 Å². The summed E-state index contributed by atoms with van der Waals surface area (Å²) in [6.45, 7) is 1.50. The molecule has 1 fully saturated rings. The highest BCUT2D eigenvalue weighted by molar-refractivity contribution is 7.91. The van der Waals surface area contributed by atoms with Gasteiger partial charge in [0.2, 0.25) is 9.84 Å². The normalized spacial score (nSPS) is 19.1. The highest BCUT2D eigenvalue weighted by Gasteiger charge is 2.26. The largest absolute Gasteiger partial charge is 0.496 e. The second-order valence-corrected chi connectivity index (χ2v) is 9.59. The van der Waals surface area contributed by atoms with Gasteiger partial charge in [-0.15, -0.1) is 0 Å². The maximum absolute atomic E-state index is 13.0. The van der Waals surface area contributed by atoms with E-state index in [9.17, 15) is 8.42 Å². The summed E-state index contributed by atoms with van der Waals surface area (Å²) in [5.74, 6) is 0.665. The number of hydrogen-bond acceptors (Lipinski definition) is 6. The van der Waals surface area contributed by atoms with Crippen molar-refractivity contribution in [2.45, 2.75) is 41.3 Å². The molecule has 3 aromatic rings. The molecule has 162 valence electrons. The molecule has 2 aromatic carbocycles. The molecule has 0 aliphatic carbocycles. The number of benzene rings is 2. The molecular weight excluding hydrogens is 410 g/mol. The van der Waals surface area contributed by atoms with Crippen molar-refractivity contribution >= 4 is 9.84 Å². The Balaban J connectivity index is 1.57. The first-order chi connectivity index (χ1) is 15.1. The zero-order valence-corrected chi connectivity index (χ0v) is 18.3. The van der Waals surface area contributed by atoms with Gasteiger partial charge in [-0.3, -0.25) is 4.98 Å². The fraction of sp³-hybridized carbons (Fsp3) is 0.292. The van der Waals surface area contributed by atoms with Gasteiger partial charge in [0.25, 0.3) is 0 Å². The Morgan fingerprint density at radius 3 is 2.68 bits per heavy atom. The molecule has 6 nitrogen and oxygen atoms in total. The highest BCUT2D eigenvalue weighted by Crippen LogP contribution is 2.28. The summed E-state index contributed by atoms with van der Waals surface area (Å²) < 4.78 is 31.5. The van der Waals surface area contributed by atoms with Gasteiger partial charge < -0.3 is 15.4 Å². The van der Waals surface area contributed by atoms with Gasteiger partial charge in [0.1, 0.15) is 5.75 Å². The number of hydrogen-bond donors (Lipinski definition) is 2. The fourth-order valence-corrected chi connectivity index (χ4v) is 5.34. The quantitative estimate of drug-likeness (QED) is 0.589. The van der Waals surface area contributed by atoms with Gasteiger partial charge >= 0.3 is 0 Å². The second-order valence-electron chi connectivity index (χ2n) is 7.64. The number of piperidine rings is 1. The fourth-order valence-electron chi connectivity index (χ4n) is 4.06. The lowest BCUT2D eigenvalue weighted by Crippen LogP contribution is -2.45. The highest BCUT2D eigenvalue weighted by atomic mass is 32.2. The van der Waals surface area contributed by atoms with Crippen molar-refractivity contribution in [3.8, 4) is 5.75 Å². The van der Waals surface area contributed by atoms with Crippen LogP contribution in [-0.2, 0) is 16.4 Å². The van der Waals surface area contributed by atoms with Gasteiger partial charge in [-0.25, -0.2) is 8.42 Å². The van der Waals surface area contributed by atoms with Crippen LogP contribution in [0.15, 0.2) is 82.8 Å². The minimum Gasteiger partial charge on any atom is -0.496 e. The topological polar surface area (TPSA) is 80.3 Å². The van der Waals surface area contributed by atoms with Crippen LogP contribution in [0.5, 0.6) is 5.75 Å². The predicted octanol–water partition coefficient (Wildman–Crippen LogP) is 3.51. The predicted molar refractivity (Wildman–Crippen MR) is 120 cm³/mol. The molecular formula is C24H27N3O3S. The number of nitrogens with one attached hydrogen (secondary N) is 2. The van der Waals surface area contributed by atoms with Crippen LogP contribution in [0.25, 0.3) is 0 Å². The Morgan fingerprint density at radius 1 is 1.10 bits per heavy atom. The van der Waals surface area contributed by atoms with E-state index in [1.54, 1.807) is 43.6 Å². The molecule has 0 radical (unpaired) electrons. The Hall–Kier alpha value is -2.74. The molecule has 2 heterocycles. The van der Waals surface area contributed by atoms with Crippen LogP contribution < -0.4 is 15.4 Å². The summed E-state index contributed by atoms with van der Waals surface area (Å²) in [5.41, 5.74) is 2.06. The van der Waals surface area contributed by atoms with E-state index in [-0.39, 0.29) is 21.9 Å². The summed E-state index contributed by atoms with van der Waals surface area (Å²) in [7, 11) is -2.04. The van der Waals surface area contributed by atoms with E-state index in [2.05, 4.69) is 39.9 Å². The molecule has 2 atom stereocenters. The molecule has 2 N–H and O–H groups in total. The number of aromatic nitrogens is 1. The van der Waals surface area contributed by atoms with Gasteiger partial charge in [0.15, 0.2) is 0 Å². The Kier molecular flexibility index (Phi) is 6.65. The minimum atomic E-state index is -3.64. The molecule has 0 amide bonds. The van der Waals surface area contributed by atoms with E-state index in [0.717, 1.165) is 24.9 Å². The van der Waals surface area contributed by atoms with E-state index in [1.165, 1.54) is 11.8 Å². The molecule has 1 aliphatic heterocycles. The van der Waals surface area contributed by atoms with Crippen LogP contribution >= 0.6 is 0 Å². The summed E-state index contributed by atoms with van der Waals surface area (Å²) in [4.78, 5) is 4.36. The van der Waals surface area contributed by atoms with Crippen LogP contribution in [0.4, 0.5) is 0 Å². The van der Waals surface area contributed by atoms with Crippen molar-refractivity contribution < 1.29 is 13.2 Å². The van der Waals surface area contributed by atoms with E-state index in [1.807, 2.05) is 6.07 Å². The van der Waals surface area contributed by atoms with Crippen LogP contribution in [0.3, 0.4) is 0 Å². The molecule has 7 heteroatoms. The molecule has 1 aliphatic rings. The van der Waals surface area contributed by atoms with Gasteiger partial charge in [-0.1, -0.05) is 30.3 Å². The molecule has 31 heavy (non-hydrogen) atoms. The maximum Gasteiger partial charge on any atom is 0.208 e. The summed E-state index contributed by atoms with van der Waals surface area (Å²) in [6, 6.07) is 19.0. The van der Waals surface area contributed by atoms with E-state index >= 15 is 0 Å². The van der Waals surface area contributed by atoms with Gasteiger partial charge in [0, 0.05) is 36.6 Å². The Morgan fingerprint density at radius 2 is 1.94 bits per heavy atom. The number of nitrogens with zero attached hydrogens (tertiary/aromatic N) is 1. The van der Waals surface area contributed by atoms with Gasteiger partial charge in [0.05, 0.1) is 16.9 Å². The third kappa shape index (κ3) is 4.79. The molecule has 0 unspecified atom stereocenters. The van der Waals surface area contributed by atoms with Crippen LogP contribution in [-0.4, -0.2) is 33.1 Å². The third-order valence-electron chi connectivity index (χ3n) is 5.68. The van der Waals surface area contributed by atoms with Crippen molar-refractivity contribution in [3.05, 3.63) is 84.2 Å². The van der Waals surface area contributed by atoms with Crippen molar-refractivity contribution in [2.24, 2.45) is 0 Å². The van der Waals surface area contributed by atoms with Gasteiger partial charge in [-0.2, -0.15) is 0 Å². The Labute approximate surface area is 183 Å². The summed E-state index contributed by atoms with van der Waals surface area (Å²) in [5, 5.41) is 7.24. The second kappa shape index (κ2) is 9.60. The minimum absolute atomic E-state index is 0.180. The van der Waals surface area contributed by atoms with Crippen molar-refractivity contribution in [2.75, 3.05) is 13.7 Å². The van der Waals surface area contributed by atoms with E-state index in [0.29, 0.717) is 12.3 Å². The molecule has 1 aromatic heterocycles. The average molecular weight is 438 g/mol. The first-order valence-corrected chi connectivity index (χ1v) is 11.9. The summed E-state index contributed by atoms with van der Waals surface area (Å²) >= 11 is 0. The lowest BCUT2D eigenvalue weighted by Gasteiger charge is -2.34. The number of pyridine rings is 1. The van der Waals surface area contributed by atoms with Crippen molar-refractivity contribution in [3.63, 3.8) is 0 Å². The number of methoxy groups -OCH3 is 1. The van der Waals surface area contributed by atoms with Crippen LogP contribution in [0, 0.1) is 0 Å². The first kappa shape index (κ1) is 21.5. The molecule has 0 saturated carbocycles. The molecule has 4 rings (SSSR count). The standard InChI is InChI=1S/C24H27N3O3S/c1-30-23-12-11-20(31(28,29)21-9-5-13-25-17-21)15-19(23)16-27-22-10-6-14-26-24(22)18-7-3-2-4-8-18/h2-5,7-9,11-13,15,17,22,24,26-27H,6,10,14,16H2,1H3/t22-,24-/m0/s1. The van der Waals surface area contributed by atoms with Gasteiger partial charge in [-0.05, 0) is 55.3 Å². The lowest BCUT2D eigenvalue weighted by atomic mass is 9.92. The average Bonchev–Trinajstić information content (AvgIpc) is 2.84. The monoisotopic (exact) mass is 437 g/mol. The zero-order valence-electron chi connectivity index (χ0n) is 17.5. The Bertz CT molecular complexity index is 1110. The number of sulfone groups is 1. The zero-order chi connectivity index (χ0) is 21.7. The van der Waals surface area contributed by atoms with E-state index in [4.69, 9.17) is 4.74 Å². The third-order valence-corrected chi connectivity index (χ3v) is 7.42. The molecule has 0 spiro atoms. The SMILES string of the molecule is COc1ccc(S(=O)(=O)c2cccnc2)cc1CN[C@H]1CCCN[C@H]1c1ccccc1. The molecule has 0 bridgehead atoms. The first-order valence-electron chi connectivity index (χ1n) is 10.4. The lowest BCUT2D eigenvalue weighted by molar-refractivity contribution is 0.302. The summed E-state index contributed by atoms with van der Waals surface area (Å²) in [6.07, 6.45) is 5.06. The van der Waals surface area contributed by atoms with Crippen LogP contribution in [0.1, 0.15) is 30.0 Å². The maximum atomic E-state index is 13.0. The number of rotatable bonds is 7. The van der Waals surface area contributed by atoms with Crippen LogP contribution in [0.2, 0.25) is 0 Å². The smallest absolute Gasteiger partial charge is 0.208 e. The number of ether oxygens (including phenoxy) is 1. The van der Waals surface area contributed by atoms with Crippen molar-refractivity contribution in [1.29, 1.82) is 0 Å². The molecule has 1 saturated heterocycles.